The maximum atomic E-state index is 6.15. The van der Waals surface area contributed by atoms with Gasteiger partial charge in [0, 0.05) is 6.61 Å². The van der Waals surface area contributed by atoms with E-state index >= 15 is 0 Å². The van der Waals surface area contributed by atoms with E-state index in [2.05, 4.69) is 70.8 Å². The topological polar surface area (TPSA) is 9.23 Å². The minimum Gasteiger partial charge on any atom is -0.416 e. The third kappa shape index (κ3) is 14.3. The van der Waals surface area contributed by atoms with Crippen LogP contribution in [0, 0.1) is 0 Å². The molecule has 0 atom stereocenters. The van der Waals surface area contributed by atoms with E-state index in [0.717, 1.165) is 19.4 Å². The smallest absolute Gasteiger partial charge is 0.191 e. The summed E-state index contributed by atoms with van der Waals surface area (Å²) in [4.78, 5) is 0. The lowest BCUT2D eigenvalue weighted by Gasteiger charge is -2.36. The third-order valence-electron chi connectivity index (χ3n) is 5.16. The Hall–Kier alpha value is -0.563. The van der Waals surface area contributed by atoms with Gasteiger partial charge < -0.3 is 4.43 Å². The highest BCUT2D eigenvalue weighted by Crippen LogP contribution is 2.36. The number of hydrogen-bond acceptors (Lipinski definition) is 1. The van der Waals surface area contributed by atoms with Gasteiger partial charge in [-0.15, -0.1) is 5.73 Å². The third-order valence-corrected chi connectivity index (χ3v) is 9.70. The zero-order valence-corrected chi connectivity index (χ0v) is 19.0. The first-order chi connectivity index (χ1) is 11.8. The monoisotopic (exact) mass is 364 g/mol. The molecule has 0 radical (unpaired) electrons. The molecule has 25 heavy (non-hydrogen) atoms. The van der Waals surface area contributed by atoms with Crippen LogP contribution in [0.4, 0.5) is 0 Å². The van der Waals surface area contributed by atoms with Gasteiger partial charge in [0.25, 0.3) is 0 Å². The molecule has 0 heterocycles. The summed E-state index contributed by atoms with van der Waals surface area (Å²) in [5.74, 6) is 0. The number of rotatable bonds is 14. The molecule has 0 aliphatic carbocycles. The van der Waals surface area contributed by atoms with Gasteiger partial charge >= 0.3 is 0 Å². The number of hydrogen-bond donors (Lipinski definition) is 0. The van der Waals surface area contributed by atoms with Crippen LogP contribution in [0.3, 0.4) is 0 Å². The van der Waals surface area contributed by atoms with Crippen molar-refractivity contribution in [2.75, 3.05) is 6.61 Å². The lowest BCUT2D eigenvalue weighted by atomic mass is 10.1. The van der Waals surface area contributed by atoms with E-state index in [1.54, 1.807) is 0 Å². The van der Waals surface area contributed by atoms with Crippen molar-refractivity contribution in [2.24, 2.45) is 0 Å². The lowest BCUT2D eigenvalue weighted by molar-refractivity contribution is 0.294. The summed E-state index contributed by atoms with van der Waals surface area (Å²) in [5, 5.41) is 0.298. The minimum atomic E-state index is -1.58. The SMILES string of the molecule is CCCCCCCCCC=CCC=C=CCCO[Si](C)(C)C(C)(C)C. The summed E-state index contributed by atoms with van der Waals surface area (Å²) in [6.07, 6.45) is 21.7. The Morgan fingerprint density at radius 2 is 1.48 bits per heavy atom. The van der Waals surface area contributed by atoms with Crippen LogP contribution in [0.2, 0.25) is 18.1 Å². The van der Waals surface area contributed by atoms with Gasteiger partial charge in [-0.1, -0.05) is 78.4 Å². The summed E-state index contributed by atoms with van der Waals surface area (Å²) in [6, 6.07) is 0. The van der Waals surface area contributed by atoms with Gasteiger partial charge in [-0.25, -0.2) is 0 Å². The Kier molecular flexibility index (Phi) is 14.3. The van der Waals surface area contributed by atoms with Gasteiger partial charge in [-0.3, -0.25) is 0 Å². The highest BCUT2D eigenvalue weighted by atomic mass is 28.4. The van der Waals surface area contributed by atoms with E-state index in [9.17, 15) is 0 Å². The van der Waals surface area contributed by atoms with Gasteiger partial charge in [0.2, 0.25) is 0 Å². The average Bonchev–Trinajstić information content (AvgIpc) is 2.53. The van der Waals surface area contributed by atoms with E-state index < -0.39 is 8.32 Å². The fourth-order valence-corrected chi connectivity index (χ4v) is 3.39. The van der Waals surface area contributed by atoms with E-state index in [4.69, 9.17) is 4.43 Å². The van der Waals surface area contributed by atoms with Crippen molar-refractivity contribution in [3.05, 3.63) is 30.0 Å². The molecule has 0 aromatic carbocycles. The second-order valence-corrected chi connectivity index (χ2v) is 13.4. The van der Waals surface area contributed by atoms with Gasteiger partial charge in [0.15, 0.2) is 8.32 Å². The summed E-state index contributed by atoms with van der Waals surface area (Å²) in [6.45, 7) is 14.6. The van der Waals surface area contributed by atoms with Crippen LogP contribution in [0.1, 0.15) is 91.9 Å². The first-order valence-electron chi connectivity index (χ1n) is 10.5. The Labute approximate surface area is 159 Å². The maximum absolute atomic E-state index is 6.15. The van der Waals surface area contributed by atoms with Crippen LogP contribution in [0.15, 0.2) is 30.0 Å². The molecule has 0 saturated carbocycles. The van der Waals surface area contributed by atoms with Crippen LogP contribution in [0.25, 0.3) is 0 Å². The number of allylic oxidation sites excluding steroid dienone is 2. The molecule has 0 unspecified atom stereocenters. The molecule has 0 aromatic rings. The zero-order valence-electron chi connectivity index (χ0n) is 18.0. The summed E-state index contributed by atoms with van der Waals surface area (Å²) in [7, 11) is -1.58. The van der Waals surface area contributed by atoms with Gasteiger partial charge in [-0.2, -0.15) is 0 Å². The Morgan fingerprint density at radius 1 is 0.840 bits per heavy atom. The molecule has 1 nitrogen and oxygen atoms in total. The van der Waals surface area contributed by atoms with Gasteiger partial charge in [0.05, 0.1) is 0 Å². The molecule has 0 rings (SSSR count). The normalized spacial score (nSPS) is 12.4. The lowest BCUT2D eigenvalue weighted by Crippen LogP contribution is -2.40. The van der Waals surface area contributed by atoms with Crippen molar-refractivity contribution in [2.45, 2.75) is 110 Å². The van der Waals surface area contributed by atoms with E-state index in [1.807, 2.05) is 0 Å². The molecule has 0 aliphatic rings. The van der Waals surface area contributed by atoms with Crippen LogP contribution in [0.5, 0.6) is 0 Å². The predicted molar refractivity (Wildman–Crippen MR) is 117 cm³/mol. The molecule has 146 valence electrons. The summed E-state index contributed by atoms with van der Waals surface area (Å²) < 4.78 is 6.15. The zero-order chi connectivity index (χ0) is 19.0. The van der Waals surface area contributed by atoms with Crippen molar-refractivity contribution < 1.29 is 4.43 Å². The maximum Gasteiger partial charge on any atom is 0.191 e. The summed E-state index contributed by atoms with van der Waals surface area (Å²) in [5.41, 5.74) is 3.28. The molecular weight excluding hydrogens is 320 g/mol. The second kappa shape index (κ2) is 14.6. The molecule has 0 saturated heterocycles. The molecule has 0 amide bonds. The van der Waals surface area contributed by atoms with Gasteiger partial charge in [0.1, 0.15) is 0 Å². The molecular formula is C23H44OSi. The predicted octanol–water partition coefficient (Wildman–Crippen LogP) is 8.20. The van der Waals surface area contributed by atoms with Crippen LogP contribution in [-0.4, -0.2) is 14.9 Å². The standard InChI is InChI=1S/C23H44OSi/c1-7-8-9-10-11-12-13-14-15-16-17-18-19-20-21-22-24-25(5,6)23(2,3)4/h15-16,18,20H,7-14,17,21-22H2,1-6H3. The molecule has 2 heteroatoms. The average molecular weight is 365 g/mol. The first-order valence-corrected chi connectivity index (χ1v) is 13.4. The minimum absolute atomic E-state index is 0.298. The van der Waals surface area contributed by atoms with E-state index in [0.29, 0.717) is 5.04 Å². The Bertz CT molecular complexity index is 395. The van der Waals surface area contributed by atoms with Gasteiger partial charge in [-0.05, 0) is 56.0 Å². The molecule has 0 bridgehead atoms. The highest BCUT2D eigenvalue weighted by molar-refractivity contribution is 6.74. The molecule has 0 spiro atoms. The van der Waals surface area contributed by atoms with Crippen LogP contribution >= 0.6 is 0 Å². The van der Waals surface area contributed by atoms with Crippen molar-refractivity contribution >= 4 is 8.32 Å². The van der Waals surface area contributed by atoms with E-state index in [1.165, 1.54) is 51.4 Å². The van der Waals surface area contributed by atoms with Crippen molar-refractivity contribution in [3.63, 3.8) is 0 Å². The molecule has 0 aromatic heterocycles. The number of unbranched alkanes of at least 4 members (excludes halogenated alkanes) is 7. The highest BCUT2D eigenvalue weighted by Gasteiger charge is 2.36. The van der Waals surface area contributed by atoms with Crippen molar-refractivity contribution in [1.29, 1.82) is 0 Å². The van der Waals surface area contributed by atoms with Crippen molar-refractivity contribution in [1.82, 2.24) is 0 Å². The second-order valence-electron chi connectivity index (χ2n) is 8.59. The largest absolute Gasteiger partial charge is 0.416 e. The first kappa shape index (κ1) is 24.4. The van der Waals surface area contributed by atoms with Crippen molar-refractivity contribution in [3.8, 4) is 0 Å². The van der Waals surface area contributed by atoms with E-state index in [-0.39, 0.29) is 0 Å². The quantitative estimate of drug-likeness (QED) is 0.131. The molecule has 0 aliphatic heterocycles. The Balaban J connectivity index is 3.60. The van der Waals surface area contributed by atoms with Crippen LogP contribution in [-0.2, 0) is 4.43 Å². The molecule has 0 N–H and O–H groups in total. The molecule has 0 fully saturated rings. The summed E-state index contributed by atoms with van der Waals surface area (Å²) >= 11 is 0. The fourth-order valence-electron chi connectivity index (χ4n) is 2.33. The van der Waals surface area contributed by atoms with Crippen LogP contribution < -0.4 is 0 Å². The Morgan fingerprint density at radius 3 is 2.12 bits per heavy atom. The fraction of sp³-hybridized carbons (Fsp3) is 0.783.